The second-order valence-corrected chi connectivity index (χ2v) is 7.28. The Morgan fingerprint density at radius 2 is 1.76 bits per heavy atom. The highest BCUT2D eigenvalue weighted by Gasteiger charge is 2.31. The largest absolute Gasteiger partial charge is 0.342 e. The molecule has 25 heavy (non-hydrogen) atoms. The van der Waals surface area contributed by atoms with Gasteiger partial charge in [-0.05, 0) is 32.8 Å². The molecule has 0 fully saturated rings. The molecule has 0 radical (unpaired) electrons. The minimum Gasteiger partial charge on any atom is -0.342 e. The SMILES string of the molecule is CC(C)(C)OO[C@@H]1O[C@H](CC(=O)c2ccccc2)Cc2ccccc21. The van der Waals surface area contributed by atoms with E-state index in [0.717, 1.165) is 11.1 Å². The highest BCUT2D eigenvalue weighted by Crippen LogP contribution is 2.33. The fourth-order valence-corrected chi connectivity index (χ4v) is 2.82. The zero-order valence-corrected chi connectivity index (χ0v) is 14.9. The van der Waals surface area contributed by atoms with E-state index in [0.29, 0.717) is 18.4 Å². The molecule has 1 aliphatic rings. The van der Waals surface area contributed by atoms with Crippen LogP contribution in [0.3, 0.4) is 0 Å². The summed E-state index contributed by atoms with van der Waals surface area (Å²) in [5.41, 5.74) is 2.34. The lowest BCUT2D eigenvalue weighted by Crippen LogP contribution is -2.31. The number of carbonyl (C=O) groups excluding carboxylic acids is 1. The van der Waals surface area contributed by atoms with Crippen molar-refractivity contribution in [3.8, 4) is 0 Å². The van der Waals surface area contributed by atoms with Crippen LogP contribution in [-0.4, -0.2) is 17.5 Å². The molecule has 0 N–H and O–H groups in total. The molecule has 1 aliphatic heterocycles. The maximum absolute atomic E-state index is 12.5. The number of Topliss-reactive ketones (excluding diaryl/α,β-unsaturated/α-hetero) is 1. The summed E-state index contributed by atoms with van der Waals surface area (Å²) in [7, 11) is 0. The molecule has 132 valence electrons. The number of ether oxygens (including phenoxy) is 1. The van der Waals surface area contributed by atoms with E-state index in [1.807, 2.05) is 75.4 Å². The minimum atomic E-state index is -0.627. The van der Waals surface area contributed by atoms with Gasteiger partial charge >= 0.3 is 0 Å². The van der Waals surface area contributed by atoms with Gasteiger partial charge in [-0.2, -0.15) is 4.89 Å². The number of ketones is 1. The minimum absolute atomic E-state index is 0.0699. The van der Waals surface area contributed by atoms with Crippen molar-refractivity contribution in [3.63, 3.8) is 0 Å². The van der Waals surface area contributed by atoms with Crippen LogP contribution in [0, 0.1) is 0 Å². The van der Waals surface area contributed by atoms with Crippen molar-refractivity contribution in [1.29, 1.82) is 0 Å². The van der Waals surface area contributed by atoms with Crippen molar-refractivity contribution in [2.75, 3.05) is 0 Å². The fourth-order valence-electron chi connectivity index (χ4n) is 2.82. The highest BCUT2D eigenvalue weighted by atomic mass is 17.2. The first-order valence-corrected chi connectivity index (χ1v) is 8.58. The number of hydrogen-bond acceptors (Lipinski definition) is 4. The zero-order chi connectivity index (χ0) is 17.9. The average Bonchev–Trinajstić information content (AvgIpc) is 2.59. The van der Waals surface area contributed by atoms with Crippen molar-refractivity contribution in [1.82, 2.24) is 0 Å². The number of rotatable bonds is 5. The van der Waals surface area contributed by atoms with Gasteiger partial charge in [0, 0.05) is 17.5 Å². The molecule has 2 aromatic carbocycles. The van der Waals surface area contributed by atoms with Crippen molar-refractivity contribution >= 4 is 5.78 Å². The van der Waals surface area contributed by atoms with E-state index >= 15 is 0 Å². The van der Waals surface area contributed by atoms with E-state index in [-0.39, 0.29) is 11.9 Å². The van der Waals surface area contributed by atoms with Crippen LogP contribution >= 0.6 is 0 Å². The van der Waals surface area contributed by atoms with Crippen LogP contribution < -0.4 is 0 Å². The number of hydrogen-bond donors (Lipinski definition) is 0. The van der Waals surface area contributed by atoms with Gasteiger partial charge < -0.3 is 4.74 Å². The van der Waals surface area contributed by atoms with Crippen LogP contribution in [0.15, 0.2) is 54.6 Å². The molecule has 2 atom stereocenters. The summed E-state index contributed by atoms with van der Waals surface area (Å²) < 4.78 is 6.03. The maximum Gasteiger partial charge on any atom is 0.217 e. The molecule has 0 amide bonds. The first-order chi connectivity index (χ1) is 11.9. The molecule has 2 aromatic rings. The first kappa shape index (κ1) is 17.8. The molecule has 4 heteroatoms. The van der Waals surface area contributed by atoms with Crippen LogP contribution in [0.1, 0.15) is 55.0 Å². The lowest BCUT2D eigenvalue weighted by atomic mass is 9.94. The summed E-state index contributed by atoms with van der Waals surface area (Å²) in [6, 6.07) is 17.3. The summed E-state index contributed by atoms with van der Waals surface area (Å²) in [5.74, 6) is 0.0699. The van der Waals surface area contributed by atoms with Crippen molar-refractivity contribution < 1.29 is 19.3 Å². The summed E-state index contributed by atoms with van der Waals surface area (Å²) in [5, 5.41) is 0. The van der Waals surface area contributed by atoms with Crippen LogP contribution in [0.5, 0.6) is 0 Å². The normalized spacial score (nSPS) is 20.1. The molecule has 0 aromatic heterocycles. The van der Waals surface area contributed by atoms with Crippen LogP contribution in [-0.2, 0) is 20.9 Å². The highest BCUT2D eigenvalue weighted by molar-refractivity contribution is 5.96. The fraction of sp³-hybridized carbons (Fsp3) is 0.381. The van der Waals surface area contributed by atoms with Gasteiger partial charge in [0.1, 0.15) is 0 Å². The molecular formula is C21H24O4. The second kappa shape index (κ2) is 7.48. The monoisotopic (exact) mass is 340 g/mol. The molecular weight excluding hydrogens is 316 g/mol. The number of benzene rings is 2. The lowest BCUT2D eigenvalue weighted by Gasteiger charge is -2.32. The molecule has 3 rings (SSSR count). The van der Waals surface area contributed by atoms with Crippen LogP contribution in [0.25, 0.3) is 0 Å². The molecule has 0 spiro atoms. The van der Waals surface area contributed by atoms with Crippen LogP contribution in [0.2, 0.25) is 0 Å². The van der Waals surface area contributed by atoms with Crippen molar-refractivity contribution in [2.45, 2.75) is 51.6 Å². The Morgan fingerprint density at radius 3 is 2.48 bits per heavy atom. The van der Waals surface area contributed by atoms with Gasteiger partial charge in [0.05, 0.1) is 11.7 Å². The molecule has 0 saturated carbocycles. The number of fused-ring (bicyclic) bond motifs is 1. The number of carbonyl (C=O) groups is 1. The van der Waals surface area contributed by atoms with E-state index in [2.05, 4.69) is 0 Å². The van der Waals surface area contributed by atoms with Gasteiger partial charge in [-0.1, -0.05) is 54.6 Å². The van der Waals surface area contributed by atoms with E-state index < -0.39 is 11.9 Å². The third-order valence-electron chi connectivity index (χ3n) is 3.97. The molecule has 0 saturated heterocycles. The summed E-state index contributed by atoms with van der Waals surface area (Å²) in [4.78, 5) is 23.5. The predicted octanol–water partition coefficient (Wildman–Crippen LogP) is 4.65. The van der Waals surface area contributed by atoms with Gasteiger partial charge in [-0.3, -0.25) is 4.79 Å². The van der Waals surface area contributed by atoms with Crippen molar-refractivity contribution in [3.05, 3.63) is 71.3 Å². The first-order valence-electron chi connectivity index (χ1n) is 8.58. The van der Waals surface area contributed by atoms with Crippen LogP contribution in [0.4, 0.5) is 0 Å². The van der Waals surface area contributed by atoms with Gasteiger partial charge in [-0.25, -0.2) is 4.89 Å². The molecule has 4 nitrogen and oxygen atoms in total. The Balaban J connectivity index is 1.73. The Bertz CT molecular complexity index is 718. The summed E-state index contributed by atoms with van der Waals surface area (Å²) >= 11 is 0. The third-order valence-corrected chi connectivity index (χ3v) is 3.97. The summed E-state index contributed by atoms with van der Waals surface area (Å²) in [6.07, 6.45) is 0.131. The van der Waals surface area contributed by atoms with E-state index in [4.69, 9.17) is 14.5 Å². The predicted molar refractivity (Wildman–Crippen MR) is 95.1 cm³/mol. The topological polar surface area (TPSA) is 44.8 Å². The van der Waals surface area contributed by atoms with E-state index in [1.165, 1.54) is 0 Å². The molecule has 0 aliphatic carbocycles. The molecule has 1 heterocycles. The smallest absolute Gasteiger partial charge is 0.217 e. The average molecular weight is 340 g/mol. The Labute approximate surface area is 148 Å². The quantitative estimate of drug-likeness (QED) is 0.452. The lowest BCUT2D eigenvalue weighted by molar-refractivity contribution is -0.427. The van der Waals surface area contributed by atoms with Gasteiger partial charge in [0.25, 0.3) is 0 Å². The second-order valence-electron chi connectivity index (χ2n) is 7.28. The van der Waals surface area contributed by atoms with Crippen molar-refractivity contribution in [2.24, 2.45) is 0 Å². The van der Waals surface area contributed by atoms with Gasteiger partial charge in [0.2, 0.25) is 6.29 Å². The third kappa shape index (κ3) is 4.75. The Hall–Kier alpha value is -2.01. The Morgan fingerprint density at radius 1 is 1.08 bits per heavy atom. The molecule has 0 unspecified atom stereocenters. The Kier molecular flexibility index (Phi) is 5.33. The summed E-state index contributed by atoms with van der Waals surface area (Å²) in [6.45, 7) is 5.74. The standard InChI is InChI=1S/C21H24O4/c1-21(2,3)25-24-20-18-12-8-7-11-16(18)13-17(23-20)14-19(22)15-9-5-4-6-10-15/h4-12,17,20H,13-14H2,1-3H3/t17-,20-/m0/s1. The van der Waals surface area contributed by atoms with Gasteiger partial charge in [-0.15, -0.1) is 0 Å². The molecule has 0 bridgehead atoms. The van der Waals surface area contributed by atoms with E-state index in [1.54, 1.807) is 0 Å². The zero-order valence-electron chi connectivity index (χ0n) is 14.9. The maximum atomic E-state index is 12.5. The van der Waals surface area contributed by atoms with Gasteiger partial charge in [0.15, 0.2) is 5.78 Å². The van der Waals surface area contributed by atoms with E-state index in [9.17, 15) is 4.79 Å².